The van der Waals surface area contributed by atoms with Gasteiger partial charge in [-0.15, -0.1) is 0 Å². The second-order valence-corrected chi connectivity index (χ2v) is 10.2. The fourth-order valence-corrected chi connectivity index (χ4v) is 4.67. The third-order valence-corrected chi connectivity index (χ3v) is 6.59. The summed E-state index contributed by atoms with van der Waals surface area (Å²) in [5.74, 6) is 0.216. The van der Waals surface area contributed by atoms with E-state index >= 15 is 0 Å². The molecule has 1 amide bonds. The first kappa shape index (κ1) is 29.6. The van der Waals surface area contributed by atoms with Crippen molar-refractivity contribution in [2.75, 3.05) is 27.9 Å². The van der Waals surface area contributed by atoms with E-state index < -0.39 is 23.5 Å². The molecule has 3 aromatic carbocycles. The van der Waals surface area contributed by atoms with E-state index in [1.165, 1.54) is 25.3 Å². The molecule has 0 spiro atoms. The first-order chi connectivity index (χ1) is 18.5. The average molecular weight is 539 g/mol. The predicted octanol–water partition coefficient (Wildman–Crippen LogP) is 3.58. The van der Waals surface area contributed by atoms with Crippen LogP contribution in [0.2, 0.25) is 0 Å². The first-order valence-corrected chi connectivity index (χ1v) is 12.6. The van der Waals surface area contributed by atoms with Gasteiger partial charge in [0.05, 0.1) is 33.4 Å². The predicted molar refractivity (Wildman–Crippen MR) is 149 cm³/mol. The molecule has 0 heterocycles. The molecule has 0 aliphatic heterocycles. The molecule has 3 rings (SSSR count). The summed E-state index contributed by atoms with van der Waals surface area (Å²) in [6, 6.07) is 15.4. The van der Waals surface area contributed by atoms with Crippen LogP contribution in [-0.4, -0.2) is 54.6 Å². The van der Waals surface area contributed by atoms with Gasteiger partial charge in [0.1, 0.15) is 11.5 Å². The van der Waals surface area contributed by atoms with E-state index in [4.69, 9.17) is 19.9 Å². The van der Waals surface area contributed by atoms with Crippen LogP contribution in [0.15, 0.2) is 54.6 Å². The second kappa shape index (κ2) is 12.7. The highest BCUT2D eigenvalue weighted by Gasteiger charge is 2.24. The highest BCUT2D eigenvalue weighted by Crippen LogP contribution is 2.39. The molecule has 0 aliphatic carbocycles. The molecule has 39 heavy (non-hydrogen) atoms. The summed E-state index contributed by atoms with van der Waals surface area (Å²) < 4.78 is 16.3. The molecule has 0 aromatic heterocycles. The van der Waals surface area contributed by atoms with Gasteiger partial charge in [0.25, 0.3) is 0 Å². The molecule has 0 aliphatic rings. The Balaban J connectivity index is 1.76. The third-order valence-electron chi connectivity index (χ3n) is 6.59. The number of aromatic hydroxyl groups is 2. The van der Waals surface area contributed by atoms with Crippen LogP contribution >= 0.6 is 0 Å². The number of primary amides is 1. The number of nitrogens with two attached hydrogens (primary N) is 1. The van der Waals surface area contributed by atoms with Crippen LogP contribution in [0.1, 0.15) is 48.1 Å². The number of methoxy groups -OCH3 is 3. The fourth-order valence-electron chi connectivity index (χ4n) is 4.67. The molecule has 2 atom stereocenters. The van der Waals surface area contributed by atoms with Gasteiger partial charge in [0, 0.05) is 18.2 Å². The molecule has 9 heteroatoms. The number of β-amino-alcohol motifs (C(OH)–C–C–N with tert-alkyl or cyclic N) is 1. The Bertz CT molecular complexity index is 1250. The van der Waals surface area contributed by atoms with Gasteiger partial charge in [-0.05, 0) is 73.2 Å². The molecule has 0 bridgehead atoms. The minimum Gasteiger partial charge on any atom is -0.508 e. The minimum absolute atomic E-state index is 0.115. The Labute approximate surface area is 229 Å². The number of carbonyl (C=O) groups is 1. The molecule has 210 valence electrons. The number of ether oxygens (including phenoxy) is 3. The van der Waals surface area contributed by atoms with Gasteiger partial charge in [0.15, 0.2) is 11.5 Å². The summed E-state index contributed by atoms with van der Waals surface area (Å²) in [6.07, 6.45) is 0.0283. The lowest BCUT2D eigenvalue weighted by atomic mass is 9.87. The number of phenolic OH excluding ortho intramolecular Hbond substituents is 2. The van der Waals surface area contributed by atoms with E-state index in [-0.39, 0.29) is 18.0 Å². The summed E-state index contributed by atoms with van der Waals surface area (Å²) in [5, 5.41) is 33.3. The summed E-state index contributed by atoms with van der Waals surface area (Å²) in [5.41, 5.74) is 8.43. The monoisotopic (exact) mass is 538 g/mol. The van der Waals surface area contributed by atoms with Crippen molar-refractivity contribution in [1.82, 2.24) is 5.32 Å². The van der Waals surface area contributed by atoms with Crippen molar-refractivity contribution in [3.05, 3.63) is 76.9 Å². The van der Waals surface area contributed by atoms with Crippen molar-refractivity contribution in [1.29, 1.82) is 0 Å². The quantitative estimate of drug-likeness (QED) is 0.222. The maximum atomic E-state index is 12.6. The van der Waals surface area contributed by atoms with E-state index in [0.29, 0.717) is 35.7 Å². The Morgan fingerprint density at radius 2 is 1.51 bits per heavy atom. The molecular formula is C30H38N2O7. The van der Waals surface area contributed by atoms with Crippen LogP contribution in [0.4, 0.5) is 0 Å². The van der Waals surface area contributed by atoms with Crippen LogP contribution in [0.5, 0.6) is 28.7 Å². The Morgan fingerprint density at radius 3 is 2.05 bits per heavy atom. The van der Waals surface area contributed by atoms with Crippen molar-refractivity contribution in [2.45, 2.75) is 44.2 Å². The molecule has 9 nitrogen and oxygen atoms in total. The molecular weight excluding hydrogens is 500 g/mol. The standard InChI is InChI=1S/C30H38N2O7/c1-30(2,32-17-25(35)21-13-22(33)15-23(34)14-21)16-18-7-6-8-20(9-18)24(29(31)36)10-19-11-26(37-3)28(39-5)27(12-19)38-4/h6-9,11-15,24-25,32-35H,10,16-17H2,1-5H3,(H2,31,36). The molecule has 3 aromatic rings. The van der Waals surface area contributed by atoms with Crippen molar-refractivity contribution in [3.8, 4) is 28.7 Å². The van der Waals surface area contributed by atoms with E-state index in [2.05, 4.69) is 5.32 Å². The summed E-state index contributed by atoms with van der Waals surface area (Å²) in [7, 11) is 4.61. The summed E-state index contributed by atoms with van der Waals surface area (Å²) in [6.45, 7) is 4.22. The topological polar surface area (TPSA) is 144 Å². The van der Waals surface area contributed by atoms with Gasteiger partial charge >= 0.3 is 0 Å². The average Bonchev–Trinajstić information content (AvgIpc) is 2.88. The zero-order valence-corrected chi connectivity index (χ0v) is 23.0. The fraction of sp³-hybridized carbons (Fsp3) is 0.367. The van der Waals surface area contributed by atoms with Gasteiger partial charge in [-0.1, -0.05) is 24.3 Å². The van der Waals surface area contributed by atoms with Gasteiger partial charge in [-0.25, -0.2) is 0 Å². The largest absolute Gasteiger partial charge is 0.508 e. The van der Waals surface area contributed by atoms with Crippen LogP contribution in [0, 0.1) is 0 Å². The zero-order valence-electron chi connectivity index (χ0n) is 23.0. The minimum atomic E-state index is -0.925. The van der Waals surface area contributed by atoms with E-state index in [1.54, 1.807) is 14.2 Å². The maximum absolute atomic E-state index is 12.6. The maximum Gasteiger partial charge on any atom is 0.225 e. The van der Waals surface area contributed by atoms with Crippen molar-refractivity contribution in [3.63, 3.8) is 0 Å². The van der Waals surface area contributed by atoms with Gasteiger partial charge < -0.3 is 40.6 Å². The SMILES string of the molecule is COc1cc(CC(C(N)=O)c2cccc(CC(C)(C)NCC(O)c3cc(O)cc(O)c3)c2)cc(OC)c1OC. The van der Waals surface area contributed by atoms with Crippen molar-refractivity contribution < 1.29 is 34.3 Å². The molecule has 0 fully saturated rings. The molecule has 0 saturated heterocycles. The van der Waals surface area contributed by atoms with E-state index in [1.807, 2.05) is 50.2 Å². The van der Waals surface area contributed by atoms with Crippen LogP contribution in [0.25, 0.3) is 0 Å². The highest BCUT2D eigenvalue weighted by molar-refractivity contribution is 5.82. The van der Waals surface area contributed by atoms with Crippen LogP contribution < -0.4 is 25.3 Å². The number of aliphatic hydroxyl groups is 1. The highest BCUT2D eigenvalue weighted by atomic mass is 16.5. The van der Waals surface area contributed by atoms with Gasteiger partial charge in [-0.3, -0.25) is 4.79 Å². The molecule has 0 saturated carbocycles. The summed E-state index contributed by atoms with van der Waals surface area (Å²) >= 11 is 0. The van der Waals surface area contributed by atoms with Crippen molar-refractivity contribution in [2.24, 2.45) is 5.73 Å². The Hall–Kier alpha value is -3.95. The van der Waals surface area contributed by atoms with Gasteiger partial charge in [-0.2, -0.15) is 0 Å². The Morgan fingerprint density at radius 1 is 0.897 bits per heavy atom. The number of benzene rings is 3. The molecule has 0 radical (unpaired) electrons. The van der Waals surface area contributed by atoms with Gasteiger partial charge in [0.2, 0.25) is 11.7 Å². The van der Waals surface area contributed by atoms with E-state index in [9.17, 15) is 20.1 Å². The second-order valence-electron chi connectivity index (χ2n) is 10.2. The van der Waals surface area contributed by atoms with Crippen LogP contribution in [0.3, 0.4) is 0 Å². The number of aliphatic hydroxyl groups excluding tert-OH is 1. The Kier molecular flexibility index (Phi) is 9.66. The molecule has 6 N–H and O–H groups in total. The lowest BCUT2D eigenvalue weighted by molar-refractivity contribution is -0.119. The number of phenols is 2. The van der Waals surface area contributed by atoms with Crippen molar-refractivity contribution >= 4 is 5.91 Å². The normalized spacial score (nSPS) is 13.0. The summed E-state index contributed by atoms with van der Waals surface area (Å²) in [4.78, 5) is 12.6. The number of hydrogen-bond acceptors (Lipinski definition) is 8. The van der Waals surface area contributed by atoms with Crippen LogP contribution in [-0.2, 0) is 17.6 Å². The lowest BCUT2D eigenvalue weighted by Crippen LogP contribution is -2.43. The smallest absolute Gasteiger partial charge is 0.225 e. The number of amides is 1. The third kappa shape index (κ3) is 7.78. The van der Waals surface area contributed by atoms with E-state index in [0.717, 1.165) is 16.7 Å². The number of rotatable bonds is 13. The first-order valence-electron chi connectivity index (χ1n) is 12.6. The number of nitrogens with one attached hydrogen (secondary N) is 1. The molecule has 2 unspecified atom stereocenters. The lowest BCUT2D eigenvalue weighted by Gasteiger charge is -2.28. The zero-order chi connectivity index (χ0) is 28.7. The number of carbonyl (C=O) groups excluding carboxylic acids is 1. The number of hydrogen-bond donors (Lipinski definition) is 5.